The summed E-state index contributed by atoms with van der Waals surface area (Å²) in [7, 11) is -3.09. The number of anilines is 1. The average molecular weight is 281 g/mol. The first-order chi connectivity index (χ1) is 8.87. The van der Waals surface area contributed by atoms with E-state index < -0.39 is 9.84 Å². The normalized spacial score (nSPS) is 15.2. The third kappa shape index (κ3) is 3.56. The lowest BCUT2D eigenvalue weighted by Gasteiger charge is -2.29. The second kappa shape index (κ2) is 5.33. The van der Waals surface area contributed by atoms with E-state index in [1.807, 2.05) is 19.1 Å². The molecule has 0 aromatic heterocycles. The lowest BCUT2D eigenvalue weighted by Crippen LogP contribution is -2.36. The maximum Gasteiger partial charge on any atom is 0.228 e. The Labute approximate surface area is 114 Å². The summed E-state index contributed by atoms with van der Waals surface area (Å²) in [6.45, 7) is 2.71. The molecule has 1 amide bonds. The van der Waals surface area contributed by atoms with E-state index in [4.69, 9.17) is 0 Å². The summed E-state index contributed by atoms with van der Waals surface area (Å²) >= 11 is 0. The minimum atomic E-state index is -3.09. The van der Waals surface area contributed by atoms with E-state index in [1.165, 1.54) is 11.1 Å². The van der Waals surface area contributed by atoms with Gasteiger partial charge in [0.1, 0.15) is 9.84 Å². The van der Waals surface area contributed by atoms with E-state index in [9.17, 15) is 13.2 Å². The van der Waals surface area contributed by atoms with Crippen molar-refractivity contribution in [3.63, 3.8) is 0 Å². The zero-order valence-electron chi connectivity index (χ0n) is 11.3. The van der Waals surface area contributed by atoms with Gasteiger partial charge in [-0.05, 0) is 31.4 Å². The second-order valence-corrected chi connectivity index (χ2v) is 7.42. The molecule has 5 heteroatoms. The molecule has 0 atom stereocenters. The summed E-state index contributed by atoms with van der Waals surface area (Å²) in [6.07, 6.45) is 3.13. The molecule has 0 saturated heterocycles. The van der Waals surface area contributed by atoms with Crippen LogP contribution in [0.2, 0.25) is 0 Å². The third-order valence-corrected chi connectivity index (χ3v) is 4.29. The Morgan fingerprint density at radius 1 is 1.37 bits per heavy atom. The number of aryl methyl sites for hydroxylation is 2. The maximum atomic E-state index is 12.2. The molecule has 0 unspecified atom stereocenters. The highest BCUT2D eigenvalue weighted by atomic mass is 32.2. The van der Waals surface area contributed by atoms with Gasteiger partial charge in [-0.3, -0.25) is 4.79 Å². The standard InChI is InChI=1S/C14H19NO3S/c1-11-5-6-13-12(10-11)4-3-8-15(13)14(16)7-9-19(2,17)18/h5-6,10H,3-4,7-9H2,1-2H3. The minimum Gasteiger partial charge on any atom is -0.312 e. The van der Waals surface area contributed by atoms with Gasteiger partial charge in [-0.25, -0.2) is 8.42 Å². The van der Waals surface area contributed by atoms with Crippen molar-refractivity contribution in [2.75, 3.05) is 23.5 Å². The van der Waals surface area contributed by atoms with Gasteiger partial charge >= 0.3 is 0 Å². The van der Waals surface area contributed by atoms with Crippen LogP contribution in [0.1, 0.15) is 24.0 Å². The quantitative estimate of drug-likeness (QED) is 0.847. The van der Waals surface area contributed by atoms with Crippen LogP contribution in [0.5, 0.6) is 0 Å². The van der Waals surface area contributed by atoms with Gasteiger partial charge in [0, 0.05) is 24.9 Å². The SMILES string of the molecule is Cc1ccc2c(c1)CCCN2C(=O)CCS(C)(=O)=O. The van der Waals surface area contributed by atoms with Gasteiger partial charge in [0.2, 0.25) is 5.91 Å². The molecule has 0 fully saturated rings. The highest BCUT2D eigenvalue weighted by molar-refractivity contribution is 7.90. The molecule has 1 aromatic carbocycles. The molecule has 1 heterocycles. The van der Waals surface area contributed by atoms with Crippen LogP contribution in [0.4, 0.5) is 5.69 Å². The van der Waals surface area contributed by atoms with Crippen LogP contribution in [0.25, 0.3) is 0 Å². The van der Waals surface area contributed by atoms with Crippen molar-refractivity contribution in [3.05, 3.63) is 29.3 Å². The van der Waals surface area contributed by atoms with Gasteiger partial charge in [0.05, 0.1) is 5.75 Å². The summed E-state index contributed by atoms with van der Waals surface area (Å²) in [5.74, 6) is -0.181. The molecule has 0 saturated carbocycles. The Hall–Kier alpha value is -1.36. The molecule has 0 aliphatic carbocycles. The van der Waals surface area contributed by atoms with Gasteiger partial charge in [0.15, 0.2) is 0 Å². The Bertz CT molecular complexity index is 593. The Morgan fingerprint density at radius 3 is 2.79 bits per heavy atom. The molecule has 19 heavy (non-hydrogen) atoms. The molecule has 0 N–H and O–H groups in total. The highest BCUT2D eigenvalue weighted by Gasteiger charge is 2.22. The number of sulfone groups is 1. The molecule has 1 aromatic rings. The van der Waals surface area contributed by atoms with Crippen LogP contribution >= 0.6 is 0 Å². The first-order valence-electron chi connectivity index (χ1n) is 6.44. The number of nitrogens with zero attached hydrogens (tertiary/aromatic N) is 1. The number of amides is 1. The number of carbonyl (C=O) groups is 1. The Morgan fingerprint density at radius 2 is 2.11 bits per heavy atom. The van der Waals surface area contributed by atoms with Crippen molar-refractivity contribution in [1.82, 2.24) is 0 Å². The van der Waals surface area contributed by atoms with Crippen LogP contribution in [0.3, 0.4) is 0 Å². The van der Waals surface area contributed by atoms with Crippen molar-refractivity contribution in [2.45, 2.75) is 26.2 Å². The lowest BCUT2D eigenvalue weighted by atomic mass is 9.99. The number of rotatable bonds is 3. The van der Waals surface area contributed by atoms with E-state index >= 15 is 0 Å². The van der Waals surface area contributed by atoms with Crippen LogP contribution in [0.15, 0.2) is 18.2 Å². The smallest absolute Gasteiger partial charge is 0.228 e. The van der Waals surface area contributed by atoms with Gasteiger partial charge in [-0.15, -0.1) is 0 Å². The summed E-state index contributed by atoms with van der Waals surface area (Å²) in [6, 6.07) is 6.05. The number of benzene rings is 1. The molecule has 104 valence electrons. The fourth-order valence-electron chi connectivity index (χ4n) is 2.39. The van der Waals surface area contributed by atoms with Gasteiger partial charge < -0.3 is 4.90 Å². The lowest BCUT2D eigenvalue weighted by molar-refractivity contribution is -0.118. The largest absolute Gasteiger partial charge is 0.312 e. The summed E-state index contributed by atoms with van der Waals surface area (Å²) in [5.41, 5.74) is 3.30. The average Bonchev–Trinajstić information content (AvgIpc) is 2.34. The van der Waals surface area contributed by atoms with E-state index in [0.717, 1.165) is 24.8 Å². The minimum absolute atomic E-state index is 0.0617. The van der Waals surface area contributed by atoms with Gasteiger partial charge in [-0.2, -0.15) is 0 Å². The second-order valence-electron chi connectivity index (χ2n) is 5.16. The predicted octanol–water partition coefficient (Wildman–Crippen LogP) is 1.71. The Balaban J connectivity index is 2.17. The summed E-state index contributed by atoms with van der Waals surface area (Å²) in [5, 5.41) is 0. The molecule has 4 nitrogen and oxygen atoms in total. The van der Waals surface area contributed by atoms with Crippen LogP contribution in [0, 0.1) is 6.92 Å². The fourth-order valence-corrected chi connectivity index (χ4v) is 2.94. The molecular formula is C14H19NO3S. The zero-order valence-corrected chi connectivity index (χ0v) is 12.2. The van der Waals surface area contributed by atoms with Crippen LogP contribution < -0.4 is 4.90 Å². The maximum absolute atomic E-state index is 12.2. The van der Waals surface area contributed by atoms with Crippen LogP contribution in [-0.2, 0) is 21.1 Å². The van der Waals surface area contributed by atoms with Gasteiger partial charge in [0.25, 0.3) is 0 Å². The number of hydrogen-bond acceptors (Lipinski definition) is 3. The van der Waals surface area contributed by atoms with Crippen molar-refractivity contribution in [3.8, 4) is 0 Å². The zero-order chi connectivity index (χ0) is 14.0. The molecule has 0 radical (unpaired) electrons. The van der Waals surface area contributed by atoms with E-state index in [-0.39, 0.29) is 18.1 Å². The van der Waals surface area contributed by atoms with E-state index in [0.29, 0.717) is 6.54 Å². The first-order valence-corrected chi connectivity index (χ1v) is 8.50. The summed E-state index contributed by atoms with van der Waals surface area (Å²) < 4.78 is 22.3. The van der Waals surface area contributed by atoms with E-state index in [2.05, 4.69) is 6.07 Å². The van der Waals surface area contributed by atoms with Crippen molar-refractivity contribution in [2.24, 2.45) is 0 Å². The van der Waals surface area contributed by atoms with Crippen molar-refractivity contribution in [1.29, 1.82) is 0 Å². The summed E-state index contributed by atoms with van der Waals surface area (Å²) in [4.78, 5) is 13.9. The molecule has 1 aliphatic heterocycles. The Kier molecular flexibility index (Phi) is 3.94. The van der Waals surface area contributed by atoms with Crippen molar-refractivity contribution < 1.29 is 13.2 Å². The molecule has 0 spiro atoms. The number of fused-ring (bicyclic) bond motifs is 1. The van der Waals surface area contributed by atoms with Crippen LogP contribution in [-0.4, -0.2) is 32.9 Å². The topological polar surface area (TPSA) is 54.5 Å². The molecule has 2 rings (SSSR count). The van der Waals surface area contributed by atoms with Gasteiger partial charge in [-0.1, -0.05) is 17.7 Å². The van der Waals surface area contributed by atoms with E-state index in [1.54, 1.807) is 4.90 Å². The highest BCUT2D eigenvalue weighted by Crippen LogP contribution is 2.28. The molecule has 1 aliphatic rings. The first kappa shape index (κ1) is 14.1. The molecule has 0 bridgehead atoms. The third-order valence-electron chi connectivity index (χ3n) is 3.34. The fraction of sp³-hybridized carbons (Fsp3) is 0.500. The number of hydrogen-bond donors (Lipinski definition) is 0. The predicted molar refractivity (Wildman–Crippen MR) is 76.2 cm³/mol. The monoisotopic (exact) mass is 281 g/mol. The number of carbonyl (C=O) groups excluding carboxylic acids is 1. The molecular weight excluding hydrogens is 262 g/mol. The van der Waals surface area contributed by atoms with Crippen molar-refractivity contribution >= 4 is 21.4 Å².